The fourth-order valence-electron chi connectivity index (χ4n) is 1.77. The third kappa shape index (κ3) is 2.68. The number of rotatable bonds is 4. The molecular weight excluding hydrogens is 235 g/mol. The molecule has 0 aliphatic carbocycles. The molecule has 5 heteroatoms. The van der Waals surface area contributed by atoms with E-state index in [1.54, 1.807) is 29.0 Å². The Hall–Kier alpha value is -2.30. The Morgan fingerprint density at radius 1 is 1.28 bits per heavy atom. The van der Waals surface area contributed by atoms with Gasteiger partial charge in [-0.05, 0) is 24.3 Å². The first kappa shape index (κ1) is 12.2. The Balaban J connectivity index is 2.18. The van der Waals surface area contributed by atoms with Crippen LogP contribution in [0, 0.1) is 5.82 Å². The Labute approximate surface area is 104 Å². The van der Waals surface area contributed by atoms with Gasteiger partial charge in [-0.25, -0.2) is 9.18 Å². The van der Waals surface area contributed by atoms with E-state index in [1.807, 2.05) is 12.1 Å². The van der Waals surface area contributed by atoms with E-state index in [0.717, 1.165) is 5.69 Å². The van der Waals surface area contributed by atoms with Crippen LogP contribution in [0.3, 0.4) is 0 Å². The number of carbonyl (C=O) groups excluding carboxylic acids is 1. The van der Waals surface area contributed by atoms with E-state index in [9.17, 15) is 9.18 Å². The van der Waals surface area contributed by atoms with E-state index < -0.39 is 6.09 Å². The van der Waals surface area contributed by atoms with E-state index in [0.29, 0.717) is 12.1 Å². The number of ether oxygens (including phenoxy) is 1. The molecule has 1 amide bonds. The highest BCUT2D eigenvalue weighted by atomic mass is 19.1. The molecule has 0 aliphatic heterocycles. The number of amides is 1. The van der Waals surface area contributed by atoms with Crippen LogP contribution in [0.2, 0.25) is 0 Å². The molecule has 2 rings (SSSR count). The molecule has 0 saturated heterocycles. The molecule has 0 atom stereocenters. The summed E-state index contributed by atoms with van der Waals surface area (Å²) in [4.78, 5) is 10.5. The molecule has 0 spiro atoms. The van der Waals surface area contributed by atoms with Gasteiger partial charge in [0.15, 0.2) is 0 Å². The van der Waals surface area contributed by atoms with Crippen molar-refractivity contribution in [3.8, 4) is 11.3 Å². The predicted octanol–water partition coefficient (Wildman–Crippen LogP) is 2.39. The maximum absolute atomic E-state index is 13.7. The second-order valence-corrected chi connectivity index (χ2v) is 3.73. The van der Waals surface area contributed by atoms with Gasteiger partial charge in [0.2, 0.25) is 0 Å². The number of nitrogens with zero attached hydrogens (tertiary/aromatic N) is 1. The fraction of sp³-hybridized carbons (Fsp3) is 0.154. The summed E-state index contributed by atoms with van der Waals surface area (Å²) in [5.74, 6) is -0.284. The van der Waals surface area contributed by atoms with Gasteiger partial charge in [0, 0.05) is 11.8 Å². The average Bonchev–Trinajstić information content (AvgIpc) is 2.77. The molecule has 0 unspecified atom stereocenters. The molecule has 0 fully saturated rings. The van der Waals surface area contributed by atoms with Crippen molar-refractivity contribution in [2.45, 2.75) is 6.54 Å². The monoisotopic (exact) mass is 248 g/mol. The van der Waals surface area contributed by atoms with Crippen LogP contribution >= 0.6 is 0 Å². The van der Waals surface area contributed by atoms with Crippen LogP contribution in [0.15, 0.2) is 42.6 Å². The number of nitrogens with two attached hydrogens (primary N) is 1. The summed E-state index contributed by atoms with van der Waals surface area (Å²) >= 11 is 0. The summed E-state index contributed by atoms with van der Waals surface area (Å²) < 4.78 is 20.1. The van der Waals surface area contributed by atoms with Crippen LogP contribution in [-0.4, -0.2) is 17.3 Å². The van der Waals surface area contributed by atoms with Gasteiger partial charge in [-0.2, -0.15) is 0 Å². The lowest BCUT2D eigenvalue weighted by Crippen LogP contribution is -2.16. The number of aromatic nitrogens is 1. The maximum Gasteiger partial charge on any atom is 0.404 e. The second kappa shape index (κ2) is 5.35. The average molecular weight is 248 g/mol. The van der Waals surface area contributed by atoms with Crippen molar-refractivity contribution in [1.29, 1.82) is 0 Å². The van der Waals surface area contributed by atoms with Gasteiger partial charge in [-0.3, -0.25) is 0 Å². The van der Waals surface area contributed by atoms with Crippen molar-refractivity contribution in [3.63, 3.8) is 0 Å². The molecule has 0 bridgehead atoms. The van der Waals surface area contributed by atoms with Crippen molar-refractivity contribution in [3.05, 3.63) is 48.4 Å². The highest BCUT2D eigenvalue weighted by Crippen LogP contribution is 2.22. The number of benzene rings is 1. The van der Waals surface area contributed by atoms with Gasteiger partial charge < -0.3 is 15.0 Å². The van der Waals surface area contributed by atoms with Crippen LogP contribution in [0.25, 0.3) is 11.3 Å². The maximum atomic E-state index is 13.7. The molecule has 2 N–H and O–H groups in total. The lowest BCUT2D eigenvalue weighted by Gasteiger charge is -2.09. The quantitative estimate of drug-likeness (QED) is 0.903. The smallest absolute Gasteiger partial charge is 0.404 e. The highest BCUT2D eigenvalue weighted by Gasteiger charge is 2.08. The predicted molar refractivity (Wildman–Crippen MR) is 65.4 cm³/mol. The third-order valence-electron chi connectivity index (χ3n) is 2.56. The Morgan fingerprint density at radius 3 is 2.78 bits per heavy atom. The lowest BCUT2D eigenvalue weighted by molar-refractivity contribution is 0.152. The second-order valence-electron chi connectivity index (χ2n) is 3.73. The molecular formula is C13H13FN2O2. The Morgan fingerprint density at radius 2 is 2.06 bits per heavy atom. The van der Waals surface area contributed by atoms with E-state index in [4.69, 9.17) is 5.73 Å². The standard InChI is InChI=1S/C13H13FN2O2/c14-11-5-2-1-4-10(11)12-6-3-7-16(12)8-9-18-13(15)17/h1-7H,8-9H2,(H2,15,17). The lowest BCUT2D eigenvalue weighted by atomic mass is 10.1. The summed E-state index contributed by atoms with van der Waals surface area (Å²) in [6, 6.07) is 10.1. The first-order valence-corrected chi connectivity index (χ1v) is 5.51. The van der Waals surface area contributed by atoms with E-state index in [2.05, 4.69) is 4.74 Å². The van der Waals surface area contributed by atoms with Crippen molar-refractivity contribution in [2.24, 2.45) is 5.73 Å². The molecule has 4 nitrogen and oxygen atoms in total. The number of halogens is 1. The van der Waals surface area contributed by atoms with Crippen molar-refractivity contribution in [2.75, 3.05) is 6.61 Å². The SMILES string of the molecule is NC(=O)OCCn1cccc1-c1ccccc1F. The zero-order valence-electron chi connectivity index (χ0n) is 9.67. The molecule has 0 aliphatic rings. The Kier molecular flexibility index (Phi) is 3.62. The first-order valence-electron chi connectivity index (χ1n) is 5.51. The van der Waals surface area contributed by atoms with Gasteiger partial charge in [0.1, 0.15) is 12.4 Å². The van der Waals surface area contributed by atoms with Gasteiger partial charge in [-0.15, -0.1) is 0 Å². The van der Waals surface area contributed by atoms with E-state index in [-0.39, 0.29) is 12.4 Å². The normalized spacial score (nSPS) is 10.3. The van der Waals surface area contributed by atoms with Crippen LogP contribution in [0.4, 0.5) is 9.18 Å². The van der Waals surface area contributed by atoms with Gasteiger partial charge in [0.25, 0.3) is 0 Å². The largest absolute Gasteiger partial charge is 0.448 e. The third-order valence-corrected chi connectivity index (χ3v) is 2.56. The van der Waals surface area contributed by atoms with E-state index >= 15 is 0 Å². The topological polar surface area (TPSA) is 57.3 Å². The molecule has 1 aromatic heterocycles. The molecule has 94 valence electrons. The minimum Gasteiger partial charge on any atom is -0.448 e. The minimum absolute atomic E-state index is 0.158. The zero-order valence-corrected chi connectivity index (χ0v) is 9.67. The summed E-state index contributed by atoms with van der Waals surface area (Å²) in [5.41, 5.74) is 6.13. The summed E-state index contributed by atoms with van der Waals surface area (Å²) in [5, 5.41) is 0. The van der Waals surface area contributed by atoms with Crippen LogP contribution < -0.4 is 5.73 Å². The highest BCUT2D eigenvalue weighted by molar-refractivity contribution is 5.64. The molecule has 1 aromatic carbocycles. The van der Waals surface area contributed by atoms with Gasteiger partial charge in [-0.1, -0.05) is 12.1 Å². The van der Waals surface area contributed by atoms with Crippen LogP contribution in [-0.2, 0) is 11.3 Å². The molecule has 18 heavy (non-hydrogen) atoms. The van der Waals surface area contributed by atoms with Crippen molar-refractivity contribution < 1.29 is 13.9 Å². The summed E-state index contributed by atoms with van der Waals surface area (Å²) in [6.07, 6.45) is 0.987. The van der Waals surface area contributed by atoms with Crippen molar-refractivity contribution in [1.82, 2.24) is 4.57 Å². The van der Waals surface area contributed by atoms with Crippen molar-refractivity contribution >= 4 is 6.09 Å². The van der Waals surface area contributed by atoms with Gasteiger partial charge >= 0.3 is 6.09 Å². The zero-order chi connectivity index (χ0) is 13.0. The molecule has 0 radical (unpaired) electrons. The number of hydrogen-bond donors (Lipinski definition) is 1. The van der Waals surface area contributed by atoms with Crippen LogP contribution in [0.5, 0.6) is 0 Å². The number of hydrogen-bond acceptors (Lipinski definition) is 2. The Bertz CT molecular complexity index is 551. The molecule has 1 heterocycles. The minimum atomic E-state index is -0.811. The molecule has 2 aromatic rings. The number of primary amides is 1. The van der Waals surface area contributed by atoms with Gasteiger partial charge in [0.05, 0.1) is 12.2 Å². The molecule has 0 saturated carbocycles. The fourth-order valence-corrected chi connectivity index (χ4v) is 1.77. The van der Waals surface area contributed by atoms with E-state index in [1.165, 1.54) is 6.07 Å². The summed E-state index contributed by atoms with van der Waals surface area (Å²) in [6.45, 7) is 0.588. The first-order chi connectivity index (χ1) is 8.68. The number of carbonyl (C=O) groups is 1. The summed E-state index contributed by atoms with van der Waals surface area (Å²) in [7, 11) is 0. The van der Waals surface area contributed by atoms with Crippen LogP contribution in [0.1, 0.15) is 0 Å².